The van der Waals surface area contributed by atoms with Gasteiger partial charge >= 0.3 is 5.97 Å². The van der Waals surface area contributed by atoms with Crippen molar-refractivity contribution in [2.45, 2.75) is 43.8 Å². The molecular formula is C21H27NO4S. The lowest BCUT2D eigenvalue weighted by molar-refractivity contribution is -0.140. The second kappa shape index (κ2) is 8.57. The van der Waals surface area contributed by atoms with Crippen LogP contribution in [0.1, 0.15) is 38.8 Å². The first-order chi connectivity index (χ1) is 12.6. The summed E-state index contributed by atoms with van der Waals surface area (Å²) >= 11 is 0. The van der Waals surface area contributed by atoms with Crippen molar-refractivity contribution in [3.8, 4) is 0 Å². The third-order valence-electron chi connectivity index (χ3n) is 4.13. The van der Waals surface area contributed by atoms with Crippen LogP contribution in [-0.2, 0) is 30.5 Å². The second-order valence-corrected chi connectivity index (χ2v) is 9.38. The molecule has 0 spiro atoms. The van der Waals surface area contributed by atoms with Crippen LogP contribution in [0.15, 0.2) is 53.4 Å². The zero-order valence-electron chi connectivity index (χ0n) is 16.3. The van der Waals surface area contributed by atoms with Crippen LogP contribution in [0.5, 0.6) is 0 Å². The molecule has 146 valence electrons. The molecule has 1 N–H and O–H groups in total. The smallest absolute Gasteiger partial charge is 0.325 e. The number of sulfone groups is 1. The molecule has 0 saturated carbocycles. The Morgan fingerprint density at radius 2 is 1.59 bits per heavy atom. The van der Waals surface area contributed by atoms with E-state index in [9.17, 15) is 13.2 Å². The van der Waals surface area contributed by atoms with E-state index in [1.807, 2.05) is 12.1 Å². The number of nitrogens with one attached hydrogen (secondary N) is 1. The Hall–Kier alpha value is -2.34. The number of anilines is 1. The van der Waals surface area contributed by atoms with Gasteiger partial charge in [-0.15, -0.1) is 0 Å². The van der Waals surface area contributed by atoms with Crippen molar-refractivity contribution in [2.75, 3.05) is 18.5 Å². The van der Waals surface area contributed by atoms with Crippen molar-refractivity contribution in [1.82, 2.24) is 0 Å². The van der Waals surface area contributed by atoms with Gasteiger partial charge < -0.3 is 10.1 Å². The highest BCUT2D eigenvalue weighted by Gasteiger charge is 2.18. The van der Waals surface area contributed by atoms with Gasteiger partial charge in [-0.25, -0.2) is 8.42 Å². The fourth-order valence-electron chi connectivity index (χ4n) is 2.57. The van der Waals surface area contributed by atoms with Crippen molar-refractivity contribution in [2.24, 2.45) is 0 Å². The monoisotopic (exact) mass is 389 g/mol. The standard InChI is InChI=1S/C21H27NO4S/c1-5-26-20(23)14-22-18-10-6-16(7-11-18)15-27(24,25)19-12-8-17(9-13-19)21(2,3)4/h6-13,22H,5,14-15H2,1-4H3. The summed E-state index contributed by atoms with van der Waals surface area (Å²) in [6, 6.07) is 14.1. The van der Waals surface area contributed by atoms with Crippen molar-refractivity contribution >= 4 is 21.5 Å². The molecule has 2 aromatic rings. The lowest BCUT2D eigenvalue weighted by Gasteiger charge is -2.19. The van der Waals surface area contributed by atoms with Gasteiger partial charge in [0.05, 0.1) is 17.3 Å². The van der Waals surface area contributed by atoms with Crippen LogP contribution < -0.4 is 5.32 Å². The molecule has 0 saturated heterocycles. The molecule has 2 aromatic carbocycles. The molecule has 2 rings (SSSR count). The van der Waals surface area contributed by atoms with Gasteiger partial charge in [0.25, 0.3) is 0 Å². The molecule has 0 aliphatic heterocycles. The van der Waals surface area contributed by atoms with E-state index in [0.29, 0.717) is 17.1 Å². The Balaban J connectivity index is 2.04. The molecule has 5 nitrogen and oxygen atoms in total. The van der Waals surface area contributed by atoms with E-state index in [1.54, 1.807) is 43.3 Å². The minimum absolute atomic E-state index is 0.0192. The number of esters is 1. The molecule has 6 heteroatoms. The van der Waals surface area contributed by atoms with Gasteiger partial charge in [-0.2, -0.15) is 0 Å². The molecule has 0 radical (unpaired) electrons. The first-order valence-corrected chi connectivity index (χ1v) is 10.6. The average Bonchev–Trinajstić information content (AvgIpc) is 2.60. The molecule has 0 atom stereocenters. The predicted molar refractivity (Wildman–Crippen MR) is 108 cm³/mol. The van der Waals surface area contributed by atoms with Crippen LogP contribution in [0.4, 0.5) is 5.69 Å². The summed E-state index contributed by atoms with van der Waals surface area (Å²) in [4.78, 5) is 11.7. The Labute approximate surface area is 161 Å². The largest absolute Gasteiger partial charge is 0.465 e. The van der Waals surface area contributed by atoms with Gasteiger partial charge in [-0.3, -0.25) is 4.79 Å². The van der Waals surface area contributed by atoms with Gasteiger partial charge in [0.15, 0.2) is 9.84 Å². The van der Waals surface area contributed by atoms with Gasteiger partial charge in [-0.05, 0) is 47.7 Å². The van der Waals surface area contributed by atoms with Crippen LogP contribution in [0, 0.1) is 0 Å². The molecule has 0 fully saturated rings. The van der Waals surface area contributed by atoms with Crippen LogP contribution >= 0.6 is 0 Å². The molecule has 0 amide bonds. The first-order valence-electron chi connectivity index (χ1n) is 8.93. The van der Waals surface area contributed by atoms with Crippen molar-refractivity contribution in [3.05, 3.63) is 59.7 Å². The lowest BCUT2D eigenvalue weighted by atomic mass is 9.87. The third-order valence-corrected chi connectivity index (χ3v) is 5.84. The van der Waals surface area contributed by atoms with Crippen molar-refractivity contribution in [1.29, 1.82) is 0 Å². The van der Waals surface area contributed by atoms with Crippen LogP contribution in [0.2, 0.25) is 0 Å². The highest BCUT2D eigenvalue weighted by molar-refractivity contribution is 7.90. The van der Waals surface area contributed by atoms with Crippen LogP contribution in [-0.4, -0.2) is 27.5 Å². The van der Waals surface area contributed by atoms with E-state index in [4.69, 9.17) is 4.74 Å². The van der Waals surface area contributed by atoms with Gasteiger partial charge in [0.2, 0.25) is 0 Å². The zero-order chi connectivity index (χ0) is 20.1. The molecule has 0 aliphatic rings. The Morgan fingerprint density at radius 1 is 1.00 bits per heavy atom. The minimum Gasteiger partial charge on any atom is -0.465 e. The minimum atomic E-state index is -3.42. The number of benzene rings is 2. The summed E-state index contributed by atoms with van der Waals surface area (Å²) in [5, 5.41) is 2.95. The molecular weight excluding hydrogens is 362 g/mol. The summed E-state index contributed by atoms with van der Waals surface area (Å²) in [6.07, 6.45) is 0. The molecule has 0 aromatic heterocycles. The molecule has 27 heavy (non-hydrogen) atoms. The van der Waals surface area contributed by atoms with Crippen LogP contribution in [0.3, 0.4) is 0 Å². The summed E-state index contributed by atoms with van der Waals surface area (Å²) in [7, 11) is -3.42. The maximum absolute atomic E-state index is 12.7. The number of hydrogen-bond donors (Lipinski definition) is 1. The maximum atomic E-state index is 12.7. The molecule has 0 bridgehead atoms. The van der Waals surface area contributed by atoms with Crippen molar-refractivity contribution < 1.29 is 17.9 Å². The molecule has 0 heterocycles. The van der Waals surface area contributed by atoms with Gasteiger partial charge in [-0.1, -0.05) is 45.0 Å². The Bertz CT molecular complexity index is 864. The first kappa shape index (κ1) is 21.0. The number of hydrogen-bond acceptors (Lipinski definition) is 5. The number of carbonyl (C=O) groups excluding carboxylic acids is 1. The normalized spacial score (nSPS) is 11.9. The van der Waals surface area contributed by atoms with Crippen LogP contribution in [0.25, 0.3) is 0 Å². The maximum Gasteiger partial charge on any atom is 0.325 e. The quantitative estimate of drug-likeness (QED) is 0.727. The van der Waals surface area contributed by atoms with Gasteiger partial charge in [0.1, 0.15) is 6.54 Å². The topological polar surface area (TPSA) is 72.5 Å². The highest BCUT2D eigenvalue weighted by Crippen LogP contribution is 2.25. The SMILES string of the molecule is CCOC(=O)CNc1ccc(CS(=O)(=O)c2ccc(C(C)(C)C)cc2)cc1. The molecule has 0 unspecified atom stereocenters. The molecule has 0 aliphatic carbocycles. The Morgan fingerprint density at radius 3 is 2.11 bits per heavy atom. The number of carbonyl (C=O) groups is 1. The third kappa shape index (κ3) is 6.10. The van der Waals surface area contributed by atoms with E-state index in [-0.39, 0.29) is 23.7 Å². The summed E-state index contributed by atoms with van der Waals surface area (Å²) in [5.41, 5.74) is 2.50. The lowest BCUT2D eigenvalue weighted by Crippen LogP contribution is -2.16. The summed E-state index contributed by atoms with van der Waals surface area (Å²) < 4.78 is 30.2. The number of rotatable bonds is 7. The Kier molecular flexibility index (Phi) is 6.65. The summed E-state index contributed by atoms with van der Waals surface area (Å²) in [5.74, 6) is -0.400. The summed E-state index contributed by atoms with van der Waals surface area (Å²) in [6.45, 7) is 8.44. The number of ether oxygens (including phenoxy) is 1. The second-order valence-electron chi connectivity index (χ2n) is 7.39. The fourth-order valence-corrected chi connectivity index (χ4v) is 3.92. The predicted octanol–water partition coefficient (Wildman–Crippen LogP) is 3.93. The van der Waals surface area contributed by atoms with E-state index in [2.05, 4.69) is 26.1 Å². The van der Waals surface area contributed by atoms with E-state index < -0.39 is 9.84 Å². The van der Waals surface area contributed by atoms with Crippen molar-refractivity contribution in [3.63, 3.8) is 0 Å². The van der Waals surface area contributed by atoms with Gasteiger partial charge in [0, 0.05) is 5.69 Å². The van der Waals surface area contributed by atoms with E-state index in [1.165, 1.54) is 0 Å². The van der Waals surface area contributed by atoms with E-state index >= 15 is 0 Å². The van der Waals surface area contributed by atoms with E-state index in [0.717, 1.165) is 11.3 Å². The highest BCUT2D eigenvalue weighted by atomic mass is 32.2. The average molecular weight is 390 g/mol. The fraction of sp³-hybridized carbons (Fsp3) is 0.381. The zero-order valence-corrected chi connectivity index (χ0v) is 17.1.